The van der Waals surface area contributed by atoms with Gasteiger partial charge < -0.3 is 14.8 Å². The van der Waals surface area contributed by atoms with E-state index in [0.717, 1.165) is 0 Å². The maximum atomic E-state index is 12.8. The van der Waals surface area contributed by atoms with Gasteiger partial charge in [-0.25, -0.2) is 8.42 Å². The van der Waals surface area contributed by atoms with Crippen LogP contribution in [-0.2, 0) is 14.8 Å². The Morgan fingerprint density at radius 3 is 2.41 bits per heavy atom. The molecule has 3 aromatic carbocycles. The van der Waals surface area contributed by atoms with Gasteiger partial charge in [-0.3, -0.25) is 9.52 Å². The molecule has 0 saturated heterocycles. The highest BCUT2D eigenvalue weighted by atomic mass is 35.5. The molecule has 3 aromatic rings. The minimum Gasteiger partial charge on any atom is -0.491 e. The summed E-state index contributed by atoms with van der Waals surface area (Å²) in [7, 11) is -2.47. The summed E-state index contributed by atoms with van der Waals surface area (Å²) < 4.78 is 38.5. The van der Waals surface area contributed by atoms with Crippen LogP contribution in [0.25, 0.3) is 0 Å². The molecule has 0 spiro atoms. The molecule has 0 aliphatic heterocycles. The lowest BCUT2D eigenvalue weighted by Gasteiger charge is -2.12. The number of hydrogen-bond donors (Lipinski definition) is 2. The van der Waals surface area contributed by atoms with Crippen molar-refractivity contribution in [1.29, 1.82) is 0 Å². The van der Waals surface area contributed by atoms with E-state index in [1.807, 2.05) is 0 Å². The van der Waals surface area contributed by atoms with Crippen molar-refractivity contribution >= 4 is 50.5 Å². The fourth-order valence-electron chi connectivity index (χ4n) is 2.69. The molecule has 0 aromatic heterocycles. The summed E-state index contributed by atoms with van der Waals surface area (Å²) >= 11 is 12.0. The van der Waals surface area contributed by atoms with Gasteiger partial charge in [0.25, 0.3) is 15.9 Å². The third-order valence-corrected chi connectivity index (χ3v) is 6.34. The molecule has 0 bridgehead atoms. The lowest BCUT2D eigenvalue weighted by molar-refractivity contribution is 0.102. The van der Waals surface area contributed by atoms with Gasteiger partial charge in [0.15, 0.2) is 0 Å². The summed E-state index contributed by atoms with van der Waals surface area (Å²) in [6, 6.07) is 17.0. The number of hydrogen-bond acceptors (Lipinski definition) is 5. The molecule has 0 heterocycles. The average molecular weight is 495 g/mol. The Balaban J connectivity index is 1.78. The maximum Gasteiger partial charge on any atom is 0.263 e. The third-order valence-electron chi connectivity index (χ3n) is 4.23. The second kappa shape index (κ2) is 10.7. The molecule has 32 heavy (non-hydrogen) atoms. The van der Waals surface area contributed by atoms with E-state index in [1.165, 1.54) is 30.3 Å². The summed E-state index contributed by atoms with van der Waals surface area (Å²) in [6.07, 6.45) is 0. The first-order valence-corrected chi connectivity index (χ1v) is 11.6. The average Bonchev–Trinajstić information content (AvgIpc) is 2.76. The zero-order chi connectivity index (χ0) is 23.1. The minimum atomic E-state index is -4.04. The molecule has 0 aliphatic rings. The van der Waals surface area contributed by atoms with E-state index in [0.29, 0.717) is 35.4 Å². The van der Waals surface area contributed by atoms with Crippen molar-refractivity contribution in [1.82, 2.24) is 0 Å². The molecule has 168 valence electrons. The van der Waals surface area contributed by atoms with Crippen LogP contribution in [0.1, 0.15) is 10.4 Å². The zero-order valence-corrected chi connectivity index (χ0v) is 19.3. The van der Waals surface area contributed by atoms with Crippen LogP contribution in [0, 0.1) is 0 Å². The van der Waals surface area contributed by atoms with Gasteiger partial charge in [-0.1, -0.05) is 29.3 Å². The van der Waals surface area contributed by atoms with Crippen molar-refractivity contribution in [2.24, 2.45) is 0 Å². The molecular weight excluding hydrogens is 475 g/mol. The Morgan fingerprint density at radius 1 is 0.938 bits per heavy atom. The number of ether oxygens (including phenoxy) is 2. The lowest BCUT2D eigenvalue weighted by atomic mass is 10.2. The Kier molecular flexibility index (Phi) is 7.98. The first kappa shape index (κ1) is 23.9. The van der Waals surface area contributed by atoms with E-state index in [1.54, 1.807) is 43.5 Å². The standard InChI is InChI=1S/C22H20Cl2N2O5S/c1-30-11-12-31-19-4-2-3-18(14-19)25-22(27)15-5-10-20(24)21(13-15)32(28,29)26-17-8-6-16(23)7-9-17/h2-10,13-14,26H,11-12H2,1H3,(H,25,27). The number of carbonyl (C=O) groups is 1. The molecule has 7 nitrogen and oxygen atoms in total. The van der Waals surface area contributed by atoms with Crippen LogP contribution in [0.4, 0.5) is 11.4 Å². The van der Waals surface area contributed by atoms with Gasteiger partial charge >= 0.3 is 0 Å². The number of anilines is 2. The number of halogens is 2. The van der Waals surface area contributed by atoms with Crippen molar-refractivity contribution in [3.8, 4) is 5.75 Å². The predicted molar refractivity (Wildman–Crippen MR) is 125 cm³/mol. The number of benzene rings is 3. The largest absolute Gasteiger partial charge is 0.491 e. The lowest BCUT2D eigenvalue weighted by Crippen LogP contribution is -2.16. The predicted octanol–water partition coefficient (Wildman–Crippen LogP) is 5.07. The number of nitrogens with one attached hydrogen (secondary N) is 2. The topological polar surface area (TPSA) is 93.7 Å². The van der Waals surface area contributed by atoms with E-state index in [-0.39, 0.29) is 15.5 Å². The number of amides is 1. The molecule has 0 unspecified atom stereocenters. The molecular formula is C22H20Cl2N2O5S. The molecule has 0 fully saturated rings. The molecule has 0 radical (unpaired) electrons. The SMILES string of the molecule is COCCOc1cccc(NC(=O)c2ccc(Cl)c(S(=O)(=O)Nc3ccc(Cl)cc3)c2)c1. The van der Waals surface area contributed by atoms with E-state index in [4.69, 9.17) is 32.7 Å². The molecule has 0 saturated carbocycles. The van der Waals surface area contributed by atoms with Crippen LogP contribution in [0.15, 0.2) is 71.6 Å². The number of methoxy groups -OCH3 is 1. The summed E-state index contributed by atoms with van der Waals surface area (Å²) in [5, 5.41) is 3.17. The van der Waals surface area contributed by atoms with Gasteiger partial charge in [-0.2, -0.15) is 0 Å². The smallest absolute Gasteiger partial charge is 0.263 e. The van der Waals surface area contributed by atoms with Crippen molar-refractivity contribution in [2.45, 2.75) is 4.90 Å². The van der Waals surface area contributed by atoms with Gasteiger partial charge in [0, 0.05) is 35.1 Å². The Bertz CT molecular complexity index is 1200. The van der Waals surface area contributed by atoms with Gasteiger partial charge in [-0.15, -0.1) is 0 Å². The minimum absolute atomic E-state index is 0.0171. The maximum absolute atomic E-state index is 12.8. The van der Waals surface area contributed by atoms with E-state index in [9.17, 15) is 13.2 Å². The van der Waals surface area contributed by atoms with Crippen molar-refractivity contribution in [2.75, 3.05) is 30.4 Å². The first-order chi connectivity index (χ1) is 15.3. The van der Waals surface area contributed by atoms with Gasteiger partial charge in [0.2, 0.25) is 0 Å². The Hall–Kier alpha value is -2.78. The highest BCUT2D eigenvalue weighted by molar-refractivity contribution is 7.92. The van der Waals surface area contributed by atoms with Crippen molar-refractivity contribution in [3.05, 3.63) is 82.3 Å². The van der Waals surface area contributed by atoms with Crippen LogP contribution in [0.2, 0.25) is 10.0 Å². The van der Waals surface area contributed by atoms with Crippen molar-refractivity contribution < 1.29 is 22.7 Å². The van der Waals surface area contributed by atoms with Gasteiger partial charge in [0.1, 0.15) is 17.3 Å². The second-order valence-corrected chi connectivity index (χ2v) is 9.08. The van der Waals surface area contributed by atoms with Gasteiger partial charge in [-0.05, 0) is 54.6 Å². The Morgan fingerprint density at radius 2 is 1.69 bits per heavy atom. The number of sulfonamides is 1. The Labute approximate surface area is 196 Å². The molecule has 1 amide bonds. The first-order valence-electron chi connectivity index (χ1n) is 9.39. The second-order valence-electron chi connectivity index (χ2n) is 6.58. The third kappa shape index (κ3) is 6.37. The highest BCUT2D eigenvalue weighted by Crippen LogP contribution is 2.26. The van der Waals surface area contributed by atoms with Crippen LogP contribution < -0.4 is 14.8 Å². The summed E-state index contributed by atoms with van der Waals surface area (Å²) in [6.45, 7) is 0.801. The fraction of sp³-hybridized carbons (Fsp3) is 0.136. The van der Waals surface area contributed by atoms with E-state index < -0.39 is 15.9 Å². The van der Waals surface area contributed by atoms with Crippen LogP contribution in [0.5, 0.6) is 5.75 Å². The van der Waals surface area contributed by atoms with E-state index in [2.05, 4.69) is 10.0 Å². The summed E-state index contributed by atoms with van der Waals surface area (Å²) in [5.41, 5.74) is 0.922. The van der Waals surface area contributed by atoms with Crippen molar-refractivity contribution in [3.63, 3.8) is 0 Å². The summed E-state index contributed by atoms with van der Waals surface area (Å²) in [4.78, 5) is 12.5. The quantitative estimate of drug-likeness (QED) is 0.405. The molecule has 10 heteroatoms. The zero-order valence-electron chi connectivity index (χ0n) is 17.0. The number of carbonyl (C=O) groups excluding carboxylic acids is 1. The molecule has 0 aliphatic carbocycles. The normalized spacial score (nSPS) is 11.1. The fourth-order valence-corrected chi connectivity index (χ4v) is 4.40. The monoisotopic (exact) mass is 494 g/mol. The van der Waals surface area contributed by atoms with Crippen LogP contribution in [0.3, 0.4) is 0 Å². The number of rotatable bonds is 9. The molecule has 3 rings (SSSR count). The molecule has 0 atom stereocenters. The highest BCUT2D eigenvalue weighted by Gasteiger charge is 2.20. The molecule has 2 N–H and O–H groups in total. The van der Waals surface area contributed by atoms with Crippen LogP contribution in [-0.4, -0.2) is 34.6 Å². The van der Waals surface area contributed by atoms with Crippen LogP contribution >= 0.6 is 23.2 Å². The van der Waals surface area contributed by atoms with Gasteiger partial charge in [0.05, 0.1) is 11.6 Å². The van der Waals surface area contributed by atoms with E-state index >= 15 is 0 Å². The summed E-state index contributed by atoms with van der Waals surface area (Å²) in [5.74, 6) is 0.0602.